The Morgan fingerprint density at radius 3 is 2.96 bits per heavy atom. The molecule has 3 rings (SSSR count). The lowest BCUT2D eigenvalue weighted by molar-refractivity contribution is 0.0523. The molecule has 0 amide bonds. The summed E-state index contributed by atoms with van der Waals surface area (Å²) >= 11 is 0. The SMILES string of the molecule is CCOC(=O)c1c(NN(C)C(C)C)oc(C=C2C=Nc3ncccc32)c1O. The fourth-order valence-electron chi connectivity index (χ4n) is 2.48. The normalized spacial score (nSPS) is 14.2. The van der Waals surface area contributed by atoms with Crippen LogP contribution in [0.15, 0.2) is 27.7 Å². The molecule has 0 radical (unpaired) electrons. The summed E-state index contributed by atoms with van der Waals surface area (Å²) in [6, 6.07) is 3.81. The van der Waals surface area contributed by atoms with Gasteiger partial charge in [-0.1, -0.05) is 0 Å². The van der Waals surface area contributed by atoms with Crippen LogP contribution >= 0.6 is 0 Å². The molecule has 0 unspecified atom stereocenters. The fourth-order valence-corrected chi connectivity index (χ4v) is 2.48. The number of aromatic nitrogens is 1. The summed E-state index contributed by atoms with van der Waals surface area (Å²) in [5.41, 5.74) is 4.48. The first-order valence-electron chi connectivity index (χ1n) is 8.65. The van der Waals surface area contributed by atoms with Crippen LogP contribution in [0.1, 0.15) is 42.5 Å². The van der Waals surface area contributed by atoms with Gasteiger partial charge in [-0.05, 0) is 39.0 Å². The Morgan fingerprint density at radius 2 is 2.26 bits per heavy atom. The number of allylic oxidation sites excluding steroid dienone is 1. The van der Waals surface area contributed by atoms with E-state index >= 15 is 0 Å². The van der Waals surface area contributed by atoms with E-state index in [0.717, 1.165) is 11.1 Å². The van der Waals surface area contributed by atoms with Gasteiger partial charge in [-0.25, -0.2) is 19.8 Å². The maximum absolute atomic E-state index is 12.3. The number of ether oxygens (including phenoxy) is 1. The highest BCUT2D eigenvalue weighted by atomic mass is 16.5. The Hall–Kier alpha value is -3.13. The monoisotopic (exact) mass is 370 g/mol. The highest BCUT2D eigenvalue weighted by molar-refractivity contribution is 6.21. The molecule has 8 heteroatoms. The van der Waals surface area contributed by atoms with Crippen LogP contribution in [0.2, 0.25) is 0 Å². The molecule has 2 aromatic rings. The van der Waals surface area contributed by atoms with Gasteiger partial charge in [0.1, 0.15) is 0 Å². The van der Waals surface area contributed by atoms with E-state index in [1.807, 2.05) is 27.0 Å². The zero-order valence-corrected chi connectivity index (χ0v) is 15.7. The van der Waals surface area contributed by atoms with E-state index in [1.165, 1.54) is 0 Å². The lowest BCUT2D eigenvalue weighted by Crippen LogP contribution is -2.32. The molecular formula is C19H22N4O4. The van der Waals surface area contributed by atoms with Crippen molar-refractivity contribution < 1.29 is 19.1 Å². The number of carbonyl (C=O) groups excluding carboxylic acids is 1. The summed E-state index contributed by atoms with van der Waals surface area (Å²) in [7, 11) is 1.81. The zero-order valence-electron chi connectivity index (χ0n) is 15.7. The third-order valence-corrected chi connectivity index (χ3v) is 4.15. The molecule has 0 aromatic carbocycles. The van der Waals surface area contributed by atoms with Crippen LogP contribution in [0.25, 0.3) is 11.6 Å². The molecule has 2 N–H and O–H groups in total. The minimum Gasteiger partial charge on any atom is -0.504 e. The topological polar surface area (TPSA) is 100 Å². The Morgan fingerprint density at radius 1 is 1.48 bits per heavy atom. The van der Waals surface area contributed by atoms with Gasteiger partial charge in [0.05, 0.1) is 6.61 Å². The molecule has 1 aliphatic heterocycles. The molecular weight excluding hydrogens is 348 g/mol. The van der Waals surface area contributed by atoms with Crippen molar-refractivity contribution in [1.29, 1.82) is 0 Å². The number of nitrogens with zero attached hydrogens (tertiary/aromatic N) is 3. The molecule has 0 atom stereocenters. The van der Waals surface area contributed by atoms with Crippen molar-refractivity contribution in [3.8, 4) is 5.75 Å². The summed E-state index contributed by atoms with van der Waals surface area (Å²) in [5.74, 6) is -0.0962. The number of hydrogen-bond acceptors (Lipinski definition) is 8. The van der Waals surface area contributed by atoms with Crippen molar-refractivity contribution in [2.45, 2.75) is 26.8 Å². The van der Waals surface area contributed by atoms with E-state index in [1.54, 1.807) is 36.5 Å². The quantitative estimate of drug-likeness (QED) is 0.593. The van der Waals surface area contributed by atoms with Crippen molar-refractivity contribution in [3.05, 3.63) is 35.2 Å². The van der Waals surface area contributed by atoms with E-state index in [9.17, 15) is 9.90 Å². The molecule has 0 aliphatic carbocycles. The molecule has 27 heavy (non-hydrogen) atoms. The van der Waals surface area contributed by atoms with Gasteiger partial charge in [0.15, 0.2) is 22.9 Å². The second-order valence-electron chi connectivity index (χ2n) is 6.29. The summed E-state index contributed by atoms with van der Waals surface area (Å²) < 4.78 is 10.8. The molecule has 142 valence electrons. The third kappa shape index (κ3) is 3.70. The van der Waals surface area contributed by atoms with Gasteiger partial charge in [0.2, 0.25) is 5.88 Å². The van der Waals surface area contributed by atoms with Crippen molar-refractivity contribution in [2.75, 3.05) is 19.1 Å². The largest absolute Gasteiger partial charge is 0.504 e. The summed E-state index contributed by atoms with van der Waals surface area (Å²) in [6.07, 6.45) is 4.92. The first-order chi connectivity index (χ1) is 12.9. The summed E-state index contributed by atoms with van der Waals surface area (Å²) in [6.45, 7) is 5.83. The van der Waals surface area contributed by atoms with E-state index in [-0.39, 0.29) is 35.6 Å². The van der Waals surface area contributed by atoms with Crippen LogP contribution < -0.4 is 5.43 Å². The van der Waals surface area contributed by atoms with Crippen molar-refractivity contribution in [1.82, 2.24) is 9.99 Å². The average molecular weight is 370 g/mol. The van der Waals surface area contributed by atoms with Crippen LogP contribution in [0.3, 0.4) is 0 Å². The predicted octanol–water partition coefficient (Wildman–Crippen LogP) is 3.48. The molecule has 1 aliphatic rings. The van der Waals surface area contributed by atoms with E-state index in [0.29, 0.717) is 5.82 Å². The van der Waals surface area contributed by atoms with Crippen LogP contribution in [-0.4, -0.2) is 47.0 Å². The van der Waals surface area contributed by atoms with Crippen LogP contribution in [0, 0.1) is 0 Å². The number of aromatic hydroxyl groups is 1. The molecule has 0 saturated carbocycles. The lowest BCUT2D eigenvalue weighted by Gasteiger charge is -2.21. The Bertz CT molecular complexity index is 914. The average Bonchev–Trinajstić information content (AvgIpc) is 3.17. The maximum atomic E-state index is 12.3. The first-order valence-corrected chi connectivity index (χ1v) is 8.65. The molecule has 3 heterocycles. The molecule has 0 saturated heterocycles. The second kappa shape index (κ2) is 7.63. The van der Waals surface area contributed by atoms with Gasteiger partial charge in [-0.3, -0.25) is 5.43 Å². The van der Waals surface area contributed by atoms with Gasteiger partial charge in [-0.15, -0.1) is 0 Å². The summed E-state index contributed by atoms with van der Waals surface area (Å²) in [4.78, 5) is 20.7. The number of aliphatic imine (C=N–C) groups is 1. The minimum atomic E-state index is -0.662. The number of fused-ring (bicyclic) bond motifs is 1. The molecule has 0 fully saturated rings. The molecule has 2 aromatic heterocycles. The Kier molecular flexibility index (Phi) is 5.27. The summed E-state index contributed by atoms with van der Waals surface area (Å²) in [5, 5.41) is 12.4. The van der Waals surface area contributed by atoms with Crippen molar-refractivity contribution in [2.24, 2.45) is 4.99 Å². The predicted molar refractivity (Wildman–Crippen MR) is 103 cm³/mol. The van der Waals surface area contributed by atoms with Crippen molar-refractivity contribution >= 4 is 35.5 Å². The van der Waals surface area contributed by atoms with Gasteiger partial charge >= 0.3 is 5.97 Å². The Labute approximate surface area is 157 Å². The minimum absolute atomic E-state index is 0.0439. The van der Waals surface area contributed by atoms with Crippen molar-refractivity contribution in [3.63, 3.8) is 0 Å². The number of esters is 1. The number of rotatable bonds is 6. The van der Waals surface area contributed by atoms with E-state index < -0.39 is 5.97 Å². The lowest BCUT2D eigenvalue weighted by atomic mass is 10.1. The number of pyridine rings is 1. The number of hydrogen-bond donors (Lipinski definition) is 2. The highest BCUT2D eigenvalue weighted by Crippen LogP contribution is 2.38. The standard InChI is InChI=1S/C19H22N4O4/c1-5-26-19(25)15-16(24)14(27-18(15)22-23(4)11(2)3)9-12-10-21-17-13(12)7-6-8-20-17/h6-11,22,24H,5H2,1-4H3. The number of anilines is 1. The molecule has 0 spiro atoms. The van der Waals surface area contributed by atoms with Gasteiger partial charge in [-0.2, -0.15) is 0 Å². The fraction of sp³-hybridized carbons (Fsp3) is 0.316. The number of furan rings is 1. The zero-order chi connectivity index (χ0) is 19.6. The highest BCUT2D eigenvalue weighted by Gasteiger charge is 2.28. The number of carbonyl (C=O) groups is 1. The van der Waals surface area contributed by atoms with E-state index in [2.05, 4.69) is 15.4 Å². The molecule has 8 nitrogen and oxygen atoms in total. The smallest absolute Gasteiger partial charge is 0.347 e. The first kappa shape index (κ1) is 18.7. The maximum Gasteiger partial charge on any atom is 0.347 e. The number of nitrogens with one attached hydrogen (secondary N) is 1. The molecule has 0 bridgehead atoms. The van der Waals surface area contributed by atoms with Crippen LogP contribution in [-0.2, 0) is 4.74 Å². The third-order valence-electron chi connectivity index (χ3n) is 4.15. The van der Waals surface area contributed by atoms with Crippen LogP contribution in [0.5, 0.6) is 5.75 Å². The van der Waals surface area contributed by atoms with Crippen LogP contribution in [0.4, 0.5) is 11.7 Å². The Balaban J connectivity index is 2.03. The van der Waals surface area contributed by atoms with E-state index in [4.69, 9.17) is 9.15 Å². The number of hydrazine groups is 1. The van der Waals surface area contributed by atoms with Gasteiger partial charge in [0.25, 0.3) is 0 Å². The van der Waals surface area contributed by atoms with Gasteiger partial charge in [0, 0.05) is 36.6 Å². The van der Waals surface area contributed by atoms with Gasteiger partial charge < -0.3 is 14.3 Å². The second-order valence-corrected chi connectivity index (χ2v) is 6.29.